The van der Waals surface area contributed by atoms with E-state index in [1.807, 2.05) is 63.2 Å². The molecule has 0 aliphatic carbocycles. The van der Waals surface area contributed by atoms with Gasteiger partial charge in [0, 0.05) is 6.54 Å². The fourth-order valence-electron chi connectivity index (χ4n) is 2.00. The average Bonchev–Trinajstić information content (AvgIpc) is 2.46. The Balaban J connectivity index is 2.26. The summed E-state index contributed by atoms with van der Waals surface area (Å²) in [5, 5.41) is 0. The van der Waals surface area contributed by atoms with Crippen LogP contribution < -0.4 is 5.73 Å². The number of carbonyl (C=O) groups excluding carboxylic acids is 1. The van der Waals surface area contributed by atoms with Gasteiger partial charge in [-0.25, -0.2) is 4.79 Å². The molecular weight excluding hydrogens is 262 g/mol. The first-order valence-electron chi connectivity index (χ1n) is 7.02. The second-order valence-electron chi connectivity index (χ2n) is 5.98. The van der Waals surface area contributed by atoms with Crippen LogP contribution in [0, 0.1) is 0 Å². The molecule has 0 aliphatic heterocycles. The number of hydrogen-bond acceptors (Lipinski definition) is 3. The van der Waals surface area contributed by atoms with Gasteiger partial charge in [-0.1, -0.05) is 36.4 Å². The van der Waals surface area contributed by atoms with Crippen LogP contribution in [0.25, 0.3) is 11.1 Å². The molecule has 0 atom stereocenters. The number of benzene rings is 2. The van der Waals surface area contributed by atoms with Gasteiger partial charge in [-0.15, -0.1) is 0 Å². The van der Waals surface area contributed by atoms with Crippen molar-refractivity contribution < 1.29 is 9.53 Å². The Morgan fingerprint density at radius 2 is 1.71 bits per heavy atom. The standard InChI is InChI=1S/C18H21NO2/c1-18(2,3)21-17(20)16-6-4-5-15(11-16)14-9-7-13(12-19)8-10-14/h4-11H,12,19H2,1-3H3. The summed E-state index contributed by atoms with van der Waals surface area (Å²) in [4.78, 5) is 12.1. The van der Waals surface area contributed by atoms with Gasteiger partial charge in [0.2, 0.25) is 0 Å². The second-order valence-corrected chi connectivity index (χ2v) is 5.98. The first-order chi connectivity index (χ1) is 9.89. The van der Waals surface area contributed by atoms with Gasteiger partial charge in [0.15, 0.2) is 0 Å². The fraction of sp³-hybridized carbons (Fsp3) is 0.278. The van der Waals surface area contributed by atoms with Gasteiger partial charge < -0.3 is 10.5 Å². The highest BCUT2D eigenvalue weighted by Crippen LogP contribution is 2.22. The summed E-state index contributed by atoms with van der Waals surface area (Å²) in [5.74, 6) is -0.303. The fourth-order valence-corrected chi connectivity index (χ4v) is 2.00. The Morgan fingerprint density at radius 1 is 1.05 bits per heavy atom. The van der Waals surface area contributed by atoms with Crippen LogP contribution in [0.15, 0.2) is 48.5 Å². The largest absolute Gasteiger partial charge is 0.456 e. The Kier molecular flexibility index (Phi) is 4.43. The van der Waals surface area contributed by atoms with Gasteiger partial charge in [-0.05, 0) is 49.6 Å². The summed E-state index contributed by atoms with van der Waals surface area (Å²) in [7, 11) is 0. The van der Waals surface area contributed by atoms with Crippen molar-refractivity contribution in [3.63, 3.8) is 0 Å². The van der Waals surface area contributed by atoms with E-state index >= 15 is 0 Å². The van der Waals surface area contributed by atoms with E-state index in [2.05, 4.69) is 0 Å². The summed E-state index contributed by atoms with van der Waals surface area (Å²) in [6, 6.07) is 15.5. The lowest BCUT2D eigenvalue weighted by molar-refractivity contribution is 0.00696. The number of rotatable bonds is 3. The predicted octanol–water partition coefficient (Wildman–Crippen LogP) is 3.77. The second kappa shape index (κ2) is 6.10. The van der Waals surface area contributed by atoms with E-state index in [0.717, 1.165) is 16.7 Å². The summed E-state index contributed by atoms with van der Waals surface area (Å²) in [5.41, 5.74) is 8.80. The summed E-state index contributed by atoms with van der Waals surface area (Å²) in [6.45, 7) is 6.11. The molecule has 0 aromatic heterocycles. The lowest BCUT2D eigenvalue weighted by atomic mass is 10.0. The molecule has 21 heavy (non-hydrogen) atoms. The van der Waals surface area contributed by atoms with E-state index in [9.17, 15) is 4.79 Å². The highest BCUT2D eigenvalue weighted by Gasteiger charge is 2.18. The van der Waals surface area contributed by atoms with Crippen molar-refractivity contribution in [3.8, 4) is 11.1 Å². The molecular formula is C18H21NO2. The zero-order chi connectivity index (χ0) is 15.5. The molecule has 3 nitrogen and oxygen atoms in total. The molecule has 0 aliphatic rings. The van der Waals surface area contributed by atoms with E-state index in [0.29, 0.717) is 12.1 Å². The van der Waals surface area contributed by atoms with E-state index in [-0.39, 0.29) is 5.97 Å². The predicted molar refractivity (Wildman–Crippen MR) is 84.9 cm³/mol. The van der Waals surface area contributed by atoms with Gasteiger partial charge in [-0.2, -0.15) is 0 Å². The smallest absolute Gasteiger partial charge is 0.338 e. The molecule has 110 valence electrons. The van der Waals surface area contributed by atoms with Crippen LogP contribution in [0.5, 0.6) is 0 Å². The molecule has 0 saturated heterocycles. The number of ether oxygens (including phenoxy) is 1. The van der Waals surface area contributed by atoms with Gasteiger partial charge in [0.05, 0.1) is 5.56 Å². The van der Waals surface area contributed by atoms with Crippen LogP contribution in [0.1, 0.15) is 36.7 Å². The summed E-state index contributed by atoms with van der Waals surface area (Å²) < 4.78 is 5.40. The molecule has 2 aromatic rings. The van der Waals surface area contributed by atoms with Gasteiger partial charge >= 0.3 is 5.97 Å². The van der Waals surface area contributed by atoms with Crippen molar-refractivity contribution in [1.82, 2.24) is 0 Å². The molecule has 0 fully saturated rings. The Morgan fingerprint density at radius 3 is 2.29 bits per heavy atom. The van der Waals surface area contributed by atoms with Crippen molar-refractivity contribution in [2.45, 2.75) is 32.9 Å². The maximum absolute atomic E-state index is 12.1. The topological polar surface area (TPSA) is 52.3 Å². The number of nitrogens with two attached hydrogens (primary N) is 1. The molecule has 0 bridgehead atoms. The SMILES string of the molecule is CC(C)(C)OC(=O)c1cccc(-c2ccc(CN)cc2)c1. The average molecular weight is 283 g/mol. The Labute approximate surface area is 125 Å². The molecule has 2 N–H and O–H groups in total. The van der Waals surface area contributed by atoms with Crippen LogP contribution in [0.2, 0.25) is 0 Å². The monoisotopic (exact) mass is 283 g/mol. The van der Waals surface area contributed by atoms with E-state index < -0.39 is 5.60 Å². The van der Waals surface area contributed by atoms with E-state index in [1.165, 1.54) is 0 Å². The molecule has 0 radical (unpaired) electrons. The van der Waals surface area contributed by atoms with Gasteiger partial charge in [-0.3, -0.25) is 0 Å². The molecule has 2 rings (SSSR count). The lowest BCUT2D eigenvalue weighted by Gasteiger charge is -2.19. The van der Waals surface area contributed by atoms with Crippen LogP contribution in [0.4, 0.5) is 0 Å². The molecule has 0 spiro atoms. The van der Waals surface area contributed by atoms with Crippen LogP contribution in [-0.4, -0.2) is 11.6 Å². The first-order valence-corrected chi connectivity index (χ1v) is 7.02. The third kappa shape index (κ3) is 4.17. The van der Waals surface area contributed by atoms with Crippen molar-refractivity contribution in [2.24, 2.45) is 5.73 Å². The van der Waals surface area contributed by atoms with Crippen LogP contribution in [0.3, 0.4) is 0 Å². The summed E-state index contributed by atoms with van der Waals surface area (Å²) >= 11 is 0. The highest BCUT2D eigenvalue weighted by atomic mass is 16.6. The maximum atomic E-state index is 12.1. The van der Waals surface area contributed by atoms with Crippen molar-refractivity contribution in [2.75, 3.05) is 0 Å². The van der Waals surface area contributed by atoms with E-state index in [4.69, 9.17) is 10.5 Å². The third-order valence-electron chi connectivity index (χ3n) is 3.02. The third-order valence-corrected chi connectivity index (χ3v) is 3.02. The Bertz CT molecular complexity index is 624. The van der Waals surface area contributed by atoms with Gasteiger partial charge in [0.25, 0.3) is 0 Å². The Hall–Kier alpha value is -2.13. The number of hydrogen-bond donors (Lipinski definition) is 1. The maximum Gasteiger partial charge on any atom is 0.338 e. The molecule has 0 heterocycles. The molecule has 0 unspecified atom stereocenters. The molecule has 3 heteroatoms. The van der Waals surface area contributed by atoms with Crippen molar-refractivity contribution >= 4 is 5.97 Å². The molecule has 2 aromatic carbocycles. The number of esters is 1. The van der Waals surface area contributed by atoms with Crippen molar-refractivity contribution in [3.05, 3.63) is 59.7 Å². The minimum absolute atomic E-state index is 0.303. The zero-order valence-electron chi connectivity index (χ0n) is 12.7. The first kappa shape index (κ1) is 15.3. The lowest BCUT2D eigenvalue weighted by Crippen LogP contribution is -2.23. The minimum atomic E-state index is -0.490. The van der Waals surface area contributed by atoms with Crippen molar-refractivity contribution in [1.29, 1.82) is 0 Å². The highest BCUT2D eigenvalue weighted by molar-refractivity contribution is 5.91. The molecule has 0 amide bonds. The normalized spacial score (nSPS) is 11.2. The van der Waals surface area contributed by atoms with Crippen LogP contribution in [-0.2, 0) is 11.3 Å². The quantitative estimate of drug-likeness (QED) is 0.872. The molecule has 0 saturated carbocycles. The van der Waals surface area contributed by atoms with E-state index in [1.54, 1.807) is 6.07 Å². The minimum Gasteiger partial charge on any atom is -0.456 e. The zero-order valence-corrected chi connectivity index (χ0v) is 12.7. The summed E-state index contributed by atoms with van der Waals surface area (Å²) in [6.07, 6.45) is 0. The number of carbonyl (C=O) groups is 1. The van der Waals surface area contributed by atoms with Gasteiger partial charge in [0.1, 0.15) is 5.60 Å². The van der Waals surface area contributed by atoms with Crippen LogP contribution >= 0.6 is 0 Å².